The Balaban J connectivity index is 0.000000109. The number of ketones is 4. The standard InChI is InChI=1S/3C21H19N5O2.C11H12N2O.C10H9N3O2/c3*27-17-11-16-13(7-4-8-22-16)14-10-15(14)19(17)24-21(28)20-23-18(25-26-20)9-12-5-2-1-3-6-12;12-11-8-4-7(8)6-2-1-3-13-9(6)5-10(11)14;14-10(15)9-11-8(12-13-9)6-7-4-2-1-3-5-7/h3*1-8,14-15,19H,9-11H2,(H,24,28)(H,23,25,26);1-3,7-8,11H,4-5,12H2;1-5H,6H2,(H,14,15)(H,11,12,13)/t14-,15?,19-;2*14-,15-,19-;7-,8?,11-;/m0100./s1. The van der Waals surface area contributed by atoms with Crippen LogP contribution in [-0.2, 0) is 70.5 Å². The number of nitrogens with zero attached hydrogens (tertiary/aromatic N) is 12. The Labute approximate surface area is 646 Å². The predicted molar refractivity (Wildman–Crippen MR) is 406 cm³/mol. The normalized spacial score (nSPS) is 22.5. The number of benzene rings is 4. The molecule has 4 saturated carbocycles. The third kappa shape index (κ3) is 17.3. The van der Waals surface area contributed by atoms with E-state index in [1.165, 1.54) is 5.56 Å². The Morgan fingerprint density at radius 1 is 0.345 bits per heavy atom. The van der Waals surface area contributed by atoms with Crippen LogP contribution < -0.4 is 21.7 Å². The van der Waals surface area contributed by atoms with Gasteiger partial charge in [-0.3, -0.25) is 73.9 Å². The van der Waals surface area contributed by atoms with Gasteiger partial charge in [0, 0.05) is 50.5 Å². The average molecular weight is 1510 g/mol. The minimum Gasteiger partial charge on any atom is -0.475 e. The van der Waals surface area contributed by atoms with Crippen molar-refractivity contribution in [3.05, 3.63) is 309 Å². The van der Waals surface area contributed by atoms with Gasteiger partial charge in [0.1, 0.15) is 23.3 Å². The number of aromatic amines is 4. The third-order valence-electron chi connectivity index (χ3n) is 21.8. The zero-order valence-electron chi connectivity index (χ0n) is 61.0. The third-order valence-corrected chi connectivity index (χ3v) is 21.8. The Morgan fingerprint density at radius 2 is 0.602 bits per heavy atom. The summed E-state index contributed by atoms with van der Waals surface area (Å²) in [7, 11) is 0. The number of fused-ring (bicyclic) bond motifs is 12. The molecule has 12 atom stereocenters. The van der Waals surface area contributed by atoms with Gasteiger partial charge in [-0.25, -0.2) is 24.7 Å². The molecule has 20 rings (SSSR count). The van der Waals surface area contributed by atoms with Gasteiger partial charge in [0.05, 0.1) is 72.6 Å². The maximum atomic E-state index is 12.7. The Kier molecular flexibility index (Phi) is 21.3. The number of rotatable bonds is 15. The Morgan fingerprint density at radius 3 is 0.885 bits per heavy atom. The molecule has 2 unspecified atom stereocenters. The summed E-state index contributed by atoms with van der Waals surface area (Å²) in [6, 6.07) is 53.2. The average Bonchev–Trinajstić information content (AvgIpc) is 1.61. The molecule has 8 heterocycles. The molecule has 0 spiro atoms. The van der Waals surface area contributed by atoms with E-state index in [4.69, 9.17) is 10.8 Å². The molecule has 12 aromatic rings. The van der Waals surface area contributed by atoms with Crippen molar-refractivity contribution >= 4 is 46.8 Å². The van der Waals surface area contributed by atoms with Gasteiger partial charge >= 0.3 is 5.97 Å². The summed E-state index contributed by atoms with van der Waals surface area (Å²) in [6.45, 7) is 0. The van der Waals surface area contributed by atoms with E-state index in [1.807, 2.05) is 164 Å². The number of pyridine rings is 4. The van der Waals surface area contributed by atoms with Crippen molar-refractivity contribution in [1.29, 1.82) is 0 Å². The molecule has 8 aromatic heterocycles. The lowest BCUT2D eigenvalue weighted by Crippen LogP contribution is -2.43. The summed E-state index contributed by atoms with van der Waals surface area (Å²) >= 11 is 0. The van der Waals surface area contributed by atoms with Gasteiger partial charge in [-0.15, -0.1) is 20.4 Å². The van der Waals surface area contributed by atoms with E-state index >= 15 is 0 Å². The summed E-state index contributed by atoms with van der Waals surface area (Å²) in [5.41, 5.74) is 18.3. The van der Waals surface area contributed by atoms with E-state index < -0.39 is 41.8 Å². The molecule has 29 heteroatoms. The lowest BCUT2D eigenvalue weighted by Gasteiger charge is -2.14. The van der Waals surface area contributed by atoms with Crippen molar-refractivity contribution in [2.75, 3.05) is 0 Å². The number of nitrogens with one attached hydrogen (secondary N) is 7. The second-order valence-corrected chi connectivity index (χ2v) is 29.5. The molecule has 8 aliphatic rings. The summed E-state index contributed by atoms with van der Waals surface area (Å²) in [4.78, 5) is 132. The minimum absolute atomic E-state index is 0.00153. The molecule has 0 saturated heterocycles. The van der Waals surface area contributed by atoms with E-state index in [2.05, 4.69) is 103 Å². The summed E-state index contributed by atoms with van der Waals surface area (Å²) in [5.74, 6) is 2.32. The van der Waals surface area contributed by atoms with Crippen LogP contribution in [0.1, 0.15) is 182 Å². The van der Waals surface area contributed by atoms with Crippen molar-refractivity contribution in [3.8, 4) is 0 Å². The van der Waals surface area contributed by atoms with Crippen LogP contribution in [0.5, 0.6) is 0 Å². The van der Waals surface area contributed by atoms with Gasteiger partial charge in [0.15, 0.2) is 23.1 Å². The van der Waals surface area contributed by atoms with Crippen LogP contribution in [0.4, 0.5) is 0 Å². The van der Waals surface area contributed by atoms with Gasteiger partial charge in [-0.05, 0) is 142 Å². The van der Waals surface area contributed by atoms with Gasteiger partial charge in [-0.1, -0.05) is 146 Å². The van der Waals surface area contributed by atoms with Crippen molar-refractivity contribution in [3.63, 3.8) is 0 Å². The van der Waals surface area contributed by atoms with E-state index in [9.17, 15) is 38.4 Å². The maximum Gasteiger partial charge on any atom is 0.375 e. The highest BCUT2D eigenvalue weighted by molar-refractivity contribution is 5.99. The van der Waals surface area contributed by atoms with E-state index in [-0.39, 0.29) is 89.5 Å². The second kappa shape index (κ2) is 32.6. The first-order chi connectivity index (χ1) is 55.1. The number of hydrogen-bond acceptors (Lipinski definition) is 21. The molecule has 0 bridgehead atoms. The lowest BCUT2D eigenvalue weighted by molar-refractivity contribution is -0.121. The number of amides is 3. The van der Waals surface area contributed by atoms with E-state index in [1.54, 1.807) is 24.8 Å². The Bertz CT molecular complexity index is 5120. The fourth-order valence-corrected chi connectivity index (χ4v) is 15.8. The van der Waals surface area contributed by atoms with Crippen LogP contribution in [0.3, 0.4) is 0 Å². The van der Waals surface area contributed by atoms with Crippen LogP contribution in [0.25, 0.3) is 0 Å². The molecular formula is C84H78N20O9. The van der Waals surface area contributed by atoms with E-state index in [0.29, 0.717) is 85.0 Å². The zero-order valence-corrected chi connectivity index (χ0v) is 61.0. The zero-order chi connectivity index (χ0) is 77.6. The van der Waals surface area contributed by atoms with Crippen molar-refractivity contribution in [1.82, 2.24) is 96.6 Å². The summed E-state index contributed by atoms with van der Waals surface area (Å²) < 4.78 is 0. The summed E-state index contributed by atoms with van der Waals surface area (Å²) in [5, 5.41) is 43.9. The molecule has 568 valence electrons. The van der Waals surface area contributed by atoms with Gasteiger partial charge < -0.3 is 26.8 Å². The molecular weight excluding hydrogens is 1430 g/mol. The maximum absolute atomic E-state index is 12.7. The van der Waals surface area contributed by atoms with Crippen molar-refractivity contribution < 1.29 is 43.5 Å². The smallest absolute Gasteiger partial charge is 0.375 e. The number of carboxylic acids is 1. The number of Topliss-reactive ketones (excluding diaryl/α,β-unsaturated/α-hetero) is 4. The van der Waals surface area contributed by atoms with Crippen LogP contribution >= 0.6 is 0 Å². The largest absolute Gasteiger partial charge is 0.475 e. The van der Waals surface area contributed by atoms with Crippen LogP contribution in [0.15, 0.2) is 195 Å². The molecule has 29 nitrogen and oxygen atoms in total. The molecule has 10 N–H and O–H groups in total. The van der Waals surface area contributed by atoms with Crippen molar-refractivity contribution in [2.45, 2.75) is 125 Å². The topological polar surface area (TPSA) is 437 Å². The highest BCUT2D eigenvalue weighted by atomic mass is 16.4. The fraction of sp³-hybridized carbons (Fsp3) is 0.286. The van der Waals surface area contributed by atoms with Crippen LogP contribution in [0.2, 0.25) is 0 Å². The predicted octanol–water partition coefficient (Wildman–Crippen LogP) is 7.18. The number of aromatic carboxylic acids is 1. The number of nitrogens with two attached hydrogens (primary N) is 1. The molecule has 113 heavy (non-hydrogen) atoms. The highest BCUT2D eigenvalue weighted by Crippen LogP contribution is 2.55. The first-order valence-electron chi connectivity index (χ1n) is 37.7. The number of hydrogen-bond donors (Lipinski definition) is 9. The van der Waals surface area contributed by atoms with Gasteiger partial charge in [-0.2, -0.15) is 0 Å². The lowest BCUT2D eigenvalue weighted by atomic mass is 10.1. The molecule has 8 aliphatic carbocycles. The van der Waals surface area contributed by atoms with Crippen molar-refractivity contribution in [2.24, 2.45) is 29.4 Å². The Hall–Kier alpha value is -13.4. The number of carboxylic acid groups (broad SMARTS) is 1. The highest BCUT2D eigenvalue weighted by Gasteiger charge is 2.54. The first-order valence-corrected chi connectivity index (χ1v) is 37.7. The fourth-order valence-electron chi connectivity index (χ4n) is 15.8. The second-order valence-electron chi connectivity index (χ2n) is 29.5. The monoisotopic (exact) mass is 1510 g/mol. The summed E-state index contributed by atoms with van der Waals surface area (Å²) in [6.07, 6.45) is 14.0. The number of aromatic nitrogens is 16. The first kappa shape index (κ1) is 73.7. The van der Waals surface area contributed by atoms with Crippen LogP contribution in [0, 0.1) is 23.7 Å². The van der Waals surface area contributed by atoms with E-state index in [0.717, 1.165) is 87.4 Å². The number of carbonyl (C=O) groups is 8. The SMILES string of the molecule is N[C@@H]1C(=O)Cc2ncccc2[C@@H]2CC12.O=C(N[C@@H]1C(=O)Cc2ncccc2[C@@H]2CC12)c1n[nH]c(Cc2ccccc2)n1.O=C(N[C@@H]1C(=O)Cc2ncccc2[C@@H]2C[C@H]12)c1n[nH]c(Cc2ccccc2)n1.O=C(N[C@H]1C(=O)Cc2ncccc2[C@H]2C[C@H]21)c1n[nH]c(Cc2ccccc2)n1.O=C(O)c1n[nH]c(Cc2ccccc2)n1. The van der Waals surface area contributed by atoms with Gasteiger partial charge in [0.2, 0.25) is 17.5 Å². The molecule has 0 aliphatic heterocycles. The molecule has 4 fully saturated rings. The number of carbonyl (C=O) groups excluding carboxylic acids is 7. The molecule has 4 aromatic carbocycles. The van der Waals surface area contributed by atoms with Gasteiger partial charge in [0.25, 0.3) is 23.5 Å². The molecule has 0 radical (unpaired) electrons. The molecule has 3 amide bonds. The minimum atomic E-state index is -1.12. The number of H-pyrrole nitrogens is 4. The van der Waals surface area contributed by atoms with Crippen LogP contribution in [-0.4, -0.2) is 157 Å². The quantitative estimate of drug-likeness (QED) is 0.0490.